The lowest BCUT2D eigenvalue weighted by Crippen LogP contribution is -2.40. The van der Waals surface area contributed by atoms with Crippen molar-refractivity contribution >= 4 is 11.6 Å². The fraction of sp³-hybridized carbons (Fsp3) is 0.136. The van der Waals surface area contributed by atoms with Crippen LogP contribution in [0.5, 0.6) is 0 Å². The average molecular weight is 384 g/mol. The summed E-state index contributed by atoms with van der Waals surface area (Å²) in [4.78, 5) is 12.5. The highest BCUT2D eigenvalue weighted by Gasteiger charge is 2.22. The zero-order valence-corrected chi connectivity index (χ0v) is 15.1. The molecule has 3 nitrogen and oxygen atoms in total. The van der Waals surface area contributed by atoms with Crippen LogP contribution in [-0.2, 0) is 4.79 Å². The van der Waals surface area contributed by atoms with E-state index in [1.807, 2.05) is 60.7 Å². The van der Waals surface area contributed by atoms with E-state index in [2.05, 4.69) is 10.6 Å². The number of halogens is 3. The molecule has 0 fully saturated rings. The Balaban J connectivity index is 1.79. The number of benzene rings is 3. The summed E-state index contributed by atoms with van der Waals surface area (Å²) in [6, 6.07) is 19.9. The summed E-state index contributed by atoms with van der Waals surface area (Å²) in [6.07, 6.45) is 0. The number of hydrogen-bond donors (Lipinski definition) is 2. The van der Waals surface area contributed by atoms with E-state index in [1.165, 1.54) is 0 Å². The topological polar surface area (TPSA) is 41.1 Å². The number of anilines is 1. The van der Waals surface area contributed by atoms with Gasteiger partial charge in [0.05, 0.1) is 17.8 Å². The predicted molar refractivity (Wildman–Crippen MR) is 102 cm³/mol. The van der Waals surface area contributed by atoms with Gasteiger partial charge in [-0.05, 0) is 30.2 Å². The van der Waals surface area contributed by atoms with Crippen LogP contribution in [0.4, 0.5) is 18.9 Å². The van der Waals surface area contributed by atoms with Gasteiger partial charge >= 0.3 is 0 Å². The maximum absolute atomic E-state index is 13.8. The SMILES string of the molecule is C[C@@H](NC(c1ccccc1)c1ccccc1)C(=O)Nc1ccc(F)c(F)c1F. The van der Waals surface area contributed by atoms with Gasteiger partial charge in [0.1, 0.15) is 0 Å². The van der Waals surface area contributed by atoms with Crippen molar-refractivity contribution in [3.8, 4) is 0 Å². The molecule has 0 unspecified atom stereocenters. The number of rotatable bonds is 6. The monoisotopic (exact) mass is 384 g/mol. The van der Waals surface area contributed by atoms with Crippen molar-refractivity contribution in [1.29, 1.82) is 0 Å². The average Bonchev–Trinajstić information content (AvgIpc) is 2.73. The van der Waals surface area contributed by atoms with Crippen LogP contribution in [0.1, 0.15) is 24.1 Å². The molecule has 0 aliphatic heterocycles. The van der Waals surface area contributed by atoms with Crippen LogP contribution < -0.4 is 10.6 Å². The summed E-state index contributed by atoms with van der Waals surface area (Å²) in [5.41, 5.74) is 1.49. The molecule has 6 heteroatoms. The Labute approximate surface area is 161 Å². The first-order valence-electron chi connectivity index (χ1n) is 8.77. The zero-order valence-electron chi connectivity index (χ0n) is 15.1. The van der Waals surface area contributed by atoms with Gasteiger partial charge in [-0.2, -0.15) is 0 Å². The number of nitrogens with one attached hydrogen (secondary N) is 2. The third-order valence-electron chi connectivity index (χ3n) is 4.37. The van der Waals surface area contributed by atoms with E-state index in [-0.39, 0.29) is 6.04 Å². The van der Waals surface area contributed by atoms with Crippen LogP contribution in [0.3, 0.4) is 0 Å². The summed E-state index contributed by atoms with van der Waals surface area (Å²) in [5, 5.41) is 5.52. The summed E-state index contributed by atoms with van der Waals surface area (Å²) in [7, 11) is 0. The number of carbonyl (C=O) groups is 1. The molecule has 3 aromatic rings. The van der Waals surface area contributed by atoms with Crippen molar-refractivity contribution in [1.82, 2.24) is 5.32 Å². The summed E-state index contributed by atoms with van der Waals surface area (Å²) >= 11 is 0. The standard InChI is InChI=1S/C22H19F3N2O/c1-14(22(28)27-18-13-12-17(23)19(24)20(18)25)26-21(15-8-4-2-5-9-15)16-10-6-3-7-11-16/h2-14,21,26H,1H3,(H,27,28)/t14-/m1/s1. The molecule has 0 heterocycles. The van der Waals surface area contributed by atoms with E-state index in [9.17, 15) is 18.0 Å². The minimum atomic E-state index is -1.62. The normalized spacial score (nSPS) is 12.0. The molecule has 3 aromatic carbocycles. The van der Waals surface area contributed by atoms with Crippen molar-refractivity contribution in [2.75, 3.05) is 5.32 Å². The van der Waals surface area contributed by atoms with Crippen molar-refractivity contribution < 1.29 is 18.0 Å². The van der Waals surface area contributed by atoms with Gasteiger partial charge in [-0.25, -0.2) is 13.2 Å². The molecule has 0 aliphatic carbocycles. The van der Waals surface area contributed by atoms with Crippen LogP contribution in [0.15, 0.2) is 72.8 Å². The number of amides is 1. The number of hydrogen-bond acceptors (Lipinski definition) is 2. The van der Waals surface area contributed by atoms with E-state index in [1.54, 1.807) is 6.92 Å². The van der Waals surface area contributed by atoms with E-state index in [0.717, 1.165) is 23.3 Å². The second-order valence-corrected chi connectivity index (χ2v) is 6.35. The molecule has 0 saturated heterocycles. The van der Waals surface area contributed by atoms with Crippen LogP contribution in [0.2, 0.25) is 0 Å². The van der Waals surface area contributed by atoms with E-state index >= 15 is 0 Å². The third-order valence-corrected chi connectivity index (χ3v) is 4.37. The molecule has 0 bridgehead atoms. The zero-order chi connectivity index (χ0) is 20.1. The summed E-state index contributed by atoms with van der Waals surface area (Å²) in [6.45, 7) is 1.62. The van der Waals surface area contributed by atoms with E-state index in [0.29, 0.717) is 0 Å². The quantitative estimate of drug-likeness (QED) is 0.599. The fourth-order valence-corrected chi connectivity index (χ4v) is 2.86. The van der Waals surface area contributed by atoms with Crippen molar-refractivity contribution in [3.05, 3.63) is 101 Å². The minimum absolute atomic E-state index is 0.280. The maximum atomic E-state index is 13.8. The molecular formula is C22H19F3N2O. The molecule has 0 aliphatic rings. The summed E-state index contributed by atoms with van der Waals surface area (Å²) in [5.74, 6) is -4.93. The molecule has 3 rings (SSSR count). The lowest BCUT2D eigenvalue weighted by atomic mass is 9.98. The predicted octanol–water partition coefficient (Wildman–Crippen LogP) is 4.81. The van der Waals surface area contributed by atoms with Crippen LogP contribution >= 0.6 is 0 Å². The first kappa shape index (κ1) is 19.6. The summed E-state index contributed by atoms with van der Waals surface area (Å²) < 4.78 is 40.3. The Kier molecular flexibility index (Phi) is 6.11. The fourth-order valence-electron chi connectivity index (χ4n) is 2.86. The van der Waals surface area contributed by atoms with Gasteiger partial charge < -0.3 is 5.32 Å². The molecule has 28 heavy (non-hydrogen) atoms. The van der Waals surface area contributed by atoms with Crippen molar-refractivity contribution in [2.45, 2.75) is 19.0 Å². The Morgan fingerprint density at radius 3 is 1.86 bits per heavy atom. The van der Waals surface area contributed by atoms with Crippen LogP contribution in [-0.4, -0.2) is 11.9 Å². The van der Waals surface area contributed by atoms with Crippen LogP contribution in [0, 0.1) is 17.5 Å². The Morgan fingerprint density at radius 1 is 0.786 bits per heavy atom. The lowest BCUT2D eigenvalue weighted by Gasteiger charge is -2.24. The highest BCUT2D eigenvalue weighted by molar-refractivity contribution is 5.94. The van der Waals surface area contributed by atoms with Gasteiger partial charge in [-0.15, -0.1) is 0 Å². The highest BCUT2D eigenvalue weighted by atomic mass is 19.2. The molecule has 1 amide bonds. The van der Waals surface area contributed by atoms with Crippen molar-refractivity contribution in [2.24, 2.45) is 0 Å². The van der Waals surface area contributed by atoms with Gasteiger partial charge in [0.25, 0.3) is 0 Å². The smallest absolute Gasteiger partial charge is 0.241 e. The van der Waals surface area contributed by atoms with Gasteiger partial charge in [0.15, 0.2) is 17.5 Å². The first-order valence-corrected chi connectivity index (χ1v) is 8.77. The molecule has 1 atom stereocenters. The van der Waals surface area contributed by atoms with Gasteiger partial charge in [-0.1, -0.05) is 60.7 Å². The lowest BCUT2D eigenvalue weighted by molar-refractivity contribution is -0.117. The van der Waals surface area contributed by atoms with E-state index < -0.39 is 35.1 Å². The minimum Gasteiger partial charge on any atom is -0.322 e. The molecular weight excluding hydrogens is 365 g/mol. The molecule has 0 aromatic heterocycles. The maximum Gasteiger partial charge on any atom is 0.241 e. The second-order valence-electron chi connectivity index (χ2n) is 6.35. The highest BCUT2D eigenvalue weighted by Crippen LogP contribution is 2.23. The first-order chi connectivity index (χ1) is 13.5. The molecule has 144 valence electrons. The van der Waals surface area contributed by atoms with Crippen LogP contribution in [0.25, 0.3) is 0 Å². The second kappa shape index (κ2) is 8.71. The third kappa shape index (κ3) is 4.40. The molecule has 2 N–H and O–H groups in total. The number of carbonyl (C=O) groups excluding carboxylic acids is 1. The van der Waals surface area contributed by atoms with Gasteiger partial charge in [0.2, 0.25) is 5.91 Å². The Bertz CT molecular complexity index is 909. The largest absolute Gasteiger partial charge is 0.322 e. The van der Waals surface area contributed by atoms with Gasteiger partial charge in [0, 0.05) is 0 Å². The van der Waals surface area contributed by atoms with Crippen molar-refractivity contribution in [3.63, 3.8) is 0 Å². The molecule has 0 radical (unpaired) electrons. The Hall–Kier alpha value is -3.12. The van der Waals surface area contributed by atoms with E-state index in [4.69, 9.17) is 0 Å². The molecule has 0 saturated carbocycles. The van der Waals surface area contributed by atoms with Gasteiger partial charge in [-0.3, -0.25) is 10.1 Å². The Morgan fingerprint density at radius 2 is 1.32 bits per heavy atom. The molecule has 0 spiro atoms.